The minimum atomic E-state index is 0.664. The van der Waals surface area contributed by atoms with Gasteiger partial charge in [0.2, 0.25) is 0 Å². The first-order valence-electron chi connectivity index (χ1n) is 5.81. The fourth-order valence-corrected chi connectivity index (χ4v) is 1.39. The largest absolute Gasteiger partial charge is 0.385 e. The molecule has 92 valence electrons. The van der Waals surface area contributed by atoms with Crippen molar-refractivity contribution in [3.63, 3.8) is 0 Å². The van der Waals surface area contributed by atoms with E-state index in [-0.39, 0.29) is 0 Å². The van der Waals surface area contributed by atoms with Gasteiger partial charge in [-0.1, -0.05) is 19.1 Å². The van der Waals surface area contributed by atoms with E-state index in [1.165, 1.54) is 0 Å². The molecule has 1 heterocycles. The van der Waals surface area contributed by atoms with Gasteiger partial charge in [-0.2, -0.15) is 0 Å². The molecule has 0 aliphatic carbocycles. The van der Waals surface area contributed by atoms with E-state index in [0.717, 1.165) is 38.4 Å². The summed E-state index contributed by atoms with van der Waals surface area (Å²) in [5.41, 5.74) is 0.998. The van der Waals surface area contributed by atoms with Crippen molar-refractivity contribution < 1.29 is 4.74 Å². The molecular formula is C11H22N4O. The zero-order chi connectivity index (χ0) is 11.8. The summed E-state index contributed by atoms with van der Waals surface area (Å²) in [7, 11) is 1.71. The number of nitrogens with zero attached hydrogens (tertiary/aromatic N) is 3. The van der Waals surface area contributed by atoms with Gasteiger partial charge in [-0.05, 0) is 18.9 Å². The average molecular weight is 226 g/mol. The predicted molar refractivity (Wildman–Crippen MR) is 63.1 cm³/mol. The second kappa shape index (κ2) is 7.35. The summed E-state index contributed by atoms with van der Waals surface area (Å²) < 4.78 is 6.85. The first-order valence-corrected chi connectivity index (χ1v) is 5.81. The summed E-state index contributed by atoms with van der Waals surface area (Å²) in [5, 5.41) is 11.5. The van der Waals surface area contributed by atoms with Crippen LogP contribution in [0.5, 0.6) is 0 Å². The summed E-state index contributed by atoms with van der Waals surface area (Å²) >= 11 is 0. The molecule has 1 aromatic heterocycles. The van der Waals surface area contributed by atoms with Gasteiger partial charge in [0.05, 0.1) is 5.69 Å². The van der Waals surface area contributed by atoms with Crippen molar-refractivity contribution in [1.82, 2.24) is 20.3 Å². The highest BCUT2D eigenvalue weighted by atomic mass is 16.5. The lowest BCUT2D eigenvalue weighted by Crippen LogP contribution is -2.19. The topological polar surface area (TPSA) is 52.0 Å². The molecule has 0 saturated carbocycles. The Bertz CT molecular complexity index is 285. The SMILES string of the molecule is COCCCn1cc(CNCC(C)C)nn1. The van der Waals surface area contributed by atoms with Crippen LogP contribution in [0.2, 0.25) is 0 Å². The van der Waals surface area contributed by atoms with Gasteiger partial charge in [0, 0.05) is 33.0 Å². The van der Waals surface area contributed by atoms with Crippen LogP contribution in [-0.4, -0.2) is 35.3 Å². The summed E-state index contributed by atoms with van der Waals surface area (Å²) in [6.45, 7) is 7.81. The molecule has 0 spiro atoms. The molecule has 1 N–H and O–H groups in total. The molecular weight excluding hydrogens is 204 g/mol. The Morgan fingerprint density at radius 2 is 2.31 bits per heavy atom. The minimum absolute atomic E-state index is 0.664. The maximum atomic E-state index is 4.99. The van der Waals surface area contributed by atoms with Crippen LogP contribution in [0.15, 0.2) is 6.20 Å². The molecule has 0 aliphatic heterocycles. The maximum absolute atomic E-state index is 4.99. The van der Waals surface area contributed by atoms with Crippen LogP contribution in [0.3, 0.4) is 0 Å². The van der Waals surface area contributed by atoms with Crippen LogP contribution in [0.25, 0.3) is 0 Å². The number of hydrogen-bond donors (Lipinski definition) is 1. The number of aryl methyl sites for hydroxylation is 1. The van der Waals surface area contributed by atoms with Crippen molar-refractivity contribution >= 4 is 0 Å². The Hall–Kier alpha value is -0.940. The molecule has 0 aliphatic rings. The average Bonchev–Trinajstić information content (AvgIpc) is 2.66. The molecule has 0 radical (unpaired) electrons. The van der Waals surface area contributed by atoms with Crippen molar-refractivity contribution in [1.29, 1.82) is 0 Å². The van der Waals surface area contributed by atoms with Crippen LogP contribution >= 0.6 is 0 Å². The van der Waals surface area contributed by atoms with Gasteiger partial charge in [-0.25, -0.2) is 0 Å². The summed E-state index contributed by atoms with van der Waals surface area (Å²) in [5.74, 6) is 0.664. The molecule has 0 unspecified atom stereocenters. The Morgan fingerprint density at radius 1 is 1.50 bits per heavy atom. The van der Waals surface area contributed by atoms with E-state index >= 15 is 0 Å². The van der Waals surface area contributed by atoms with E-state index in [1.807, 2.05) is 10.9 Å². The Kier molecular flexibility index (Phi) is 6.03. The third-order valence-electron chi connectivity index (χ3n) is 2.18. The van der Waals surface area contributed by atoms with Gasteiger partial charge in [0.1, 0.15) is 0 Å². The Balaban J connectivity index is 2.22. The molecule has 0 bridgehead atoms. The number of nitrogens with one attached hydrogen (secondary N) is 1. The zero-order valence-corrected chi connectivity index (χ0v) is 10.4. The van der Waals surface area contributed by atoms with Crippen LogP contribution in [0, 0.1) is 5.92 Å². The highest BCUT2D eigenvalue weighted by molar-refractivity contribution is 4.91. The van der Waals surface area contributed by atoms with Crippen LogP contribution in [0.4, 0.5) is 0 Å². The molecule has 5 heteroatoms. The highest BCUT2D eigenvalue weighted by Gasteiger charge is 2.00. The smallest absolute Gasteiger partial charge is 0.0964 e. The molecule has 0 saturated heterocycles. The first-order chi connectivity index (χ1) is 7.72. The van der Waals surface area contributed by atoms with Gasteiger partial charge >= 0.3 is 0 Å². The summed E-state index contributed by atoms with van der Waals surface area (Å²) in [6, 6.07) is 0. The standard InChI is InChI=1S/C11H22N4O/c1-10(2)7-12-8-11-9-15(14-13-11)5-4-6-16-3/h9-10,12H,4-8H2,1-3H3. The summed E-state index contributed by atoms with van der Waals surface area (Å²) in [4.78, 5) is 0. The van der Waals surface area contributed by atoms with E-state index < -0.39 is 0 Å². The van der Waals surface area contributed by atoms with Gasteiger partial charge < -0.3 is 10.1 Å². The zero-order valence-electron chi connectivity index (χ0n) is 10.4. The Morgan fingerprint density at radius 3 is 3.00 bits per heavy atom. The molecule has 0 atom stereocenters. The number of rotatable bonds is 8. The molecule has 0 fully saturated rings. The number of hydrogen-bond acceptors (Lipinski definition) is 4. The highest BCUT2D eigenvalue weighted by Crippen LogP contribution is 1.96. The first kappa shape index (κ1) is 13.1. The van der Waals surface area contributed by atoms with Crippen molar-refractivity contribution in [2.24, 2.45) is 5.92 Å². The second-order valence-electron chi connectivity index (χ2n) is 4.34. The monoisotopic (exact) mass is 226 g/mol. The quantitative estimate of drug-likeness (QED) is 0.673. The summed E-state index contributed by atoms with van der Waals surface area (Å²) in [6.07, 6.45) is 2.96. The van der Waals surface area contributed by atoms with Crippen molar-refractivity contribution in [2.75, 3.05) is 20.3 Å². The molecule has 0 aromatic carbocycles. The number of ether oxygens (including phenoxy) is 1. The van der Waals surface area contributed by atoms with Crippen molar-refractivity contribution in [3.8, 4) is 0 Å². The van der Waals surface area contributed by atoms with Crippen molar-refractivity contribution in [2.45, 2.75) is 33.4 Å². The molecule has 1 aromatic rings. The molecule has 5 nitrogen and oxygen atoms in total. The fraction of sp³-hybridized carbons (Fsp3) is 0.818. The van der Waals surface area contributed by atoms with Crippen LogP contribution in [-0.2, 0) is 17.8 Å². The maximum Gasteiger partial charge on any atom is 0.0964 e. The van der Waals surface area contributed by atoms with Crippen molar-refractivity contribution in [3.05, 3.63) is 11.9 Å². The molecule has 1 rings (SSSR count). The van der Waals surface area contributed by atoms with E-state index in [2.05, 4.69) is 29.5 Å². The number of aromatic nitrogens is 3. The fourth-order valence-electron chi connectivity index (χ4n) is 1.39. The number of methoxy groups -OCH3 is 1. The van der Waals surface area contributed by atoms with E-state index in [0.29, 0.717) is 5.92 Å². The van der Waals surface area contributed by atoms with Gasteiger partial charge in [-0.3, -0.25) is 4.68 Å². The lowest BCUT2D eigenvalue weighted by atomic mass is 10.2. The predicted octanol–water partition coefficient (Wildman–Crippen LogP) is 1.06. The normalized spacial score (nSPS) is 11.2. The third-order valence-corrected chi connectivity index (χ3v) is 2.18. The minimum Gasteiger partial charge on any atom is -0.385 e. The Labute approximate surface area is 97.2 Å². The second-order valence-corrected chi connectivity index (χ2v) is 4.34. The van der Waals surface area contributed by atoms with E-state index in [1.54, 1.807) is 7.11 Å². The third kappa shape index (κ3) is 5.23. The van der Waals surface area contributed by atoms with Crippen LogP contribution < -0.4 is 5.32 Å². The molecule has 16 heavy (non-hydrogen) atoms. The van der Waals surface area contributed by atoms with Crippen LogP contribution in [0.1, 0.15) is 26.0 Å². The lowest BCUT2D eigenvalue weighted by molar-refractivity contribution is 0.188. The van der Waals surface area contributed by atoms with Gasteiger partial charge in [0.15, 0.2) is 0 Å². The van der Waals surface area contributed by atoms with Gasteiger partial charge in [-0.15, -0.1) is 5.10 Å². The van der Waals surface area contributed by atoms with E-state index in [4.69, 9.17) is 4.74 Å². The van der Waals surface area contributed by atoms with E-state index in [9.17, 15) is 0 Å². The molecule has 0 amide bonds. The lowest BCUT2D eigenvalue weighted by Gasteiger charge is -2.04. The van der Waals surface area contributed by atoms with Gasteiger partial charge in [0.25, 0.3) is 0 Å².